The first kappa shape index (κ1) is 13.7. The third-order valence-electron chi connectivity index (χ3n) is 3.67. The molecule has 2 aromatic rings. The first-order valence-electron chi connectivity index (χ1n) is 6.39. The minimum absolute atomic E-state index is 0.0234. The molecule has 0 bridgehead atoms. The van der Waals surface area contributed by atoms with Crippen LogP contribution in [0.1, 0.15) is 28.0 Å². The molecule has 0 aromatic heterocycles. The second kappa shape index (κ2) is 5.27. The van der Waals surface area contributed by atoms with E-state index in [1.54, 1.807) is 13.0 Å². The van der Waals surface area contributed by atoms with Crippen LogP contribution in [0.3, 0.4) is 0 Å². The molecule has 0 aliphatic carbocycles. The highest BCUT2D eigenvalue weighted by molar-refractivity contribution is 6.33. The monoisotopic (exact) mass is 310 g/mol. The molecule has 0 N–H and O–H groups in total. The van der Waals surface area contributed by atoms with Gasteiger partial charge in [-0.2, -0.15) is 0 Å². The molecule has 2 aromatic carbocycles. The van der Waals surface area contributed by atoms with Crippen LogP contribution in [0, 0.1) is 12.7 Å². The Hall–Kier alpha value is -1.25. The molecule has 2 atom stereocenters. The minimum Gasteiger partial charge on any atom is -0.493 e. The first-order chi connectivity index (χ1) is 9.58. The Morgan fingerprint density at radius 3 is 2.85 bits per heavy atom. The molecule has 0 spiro atoms. The smallest absolute Gasteiger partial charge is 0.127 e. The lowest BCUT2D eigenvalue weighted by atomic mass is 9.92. The van der Waals surface area contributed by atoms with Crippen molar-refractivity contribution in [3.05, 3.63) is 63.9 Å². The van der Waals surface area contributed by atoms with Crippen molar-refractivity contribution >= 4 is 23.2 Å². The molecule has 1 aliphatic heterocycles. The van der Waals surface area contributed by atoms with Crippen LogP contribution in [0.2, 0.25) is 5.02 Å². The molecule has 1 aliphatic rings. The average Bonchev–Trinajstić information content (AvgIpc) is 2.86. The Morgan fingerprint density at radius 2 is 2.05 bits per heavy atom. The van der Waals surface area contributed by atoms with Gasteiger partial charge < -0.3 is 4.74 Å². The summed E-state index contributed by atoms with van der Waals surface area (Å²) in [6, 6.07) is 10.9. The van der Waals surface area contributed by atoms with E-state index in [9.17, 15) is 4.39 Å². The van der Waals surface area contributed by atoms with E-state index in [0.29, 0.717) is 17.2 Å². The van der Waals surface area contributed by atoms with Gasteiger partial charge in [-0.3, -0.25) is 0 Å². The average molecular weight is 311 g/mol. The van der Waals surface area contributed by atoms with Crippen LogP contribution in [0.4, 0.5) is 4.39 Å². The predicted octanol–water partition coefficient (Wildman–Crippen LogP) is 5.24. The van der Waals surface area contributed by atoms with Gasteiger partial charge in [0.15, 0.2) is 0 Å². The number of rotatable bonds is 2. The number of hydrogen-bond acceptors (Lipinski definition) is 1. The lowest BCUT2D eigenvalue weighted by Gasteiger charge is -2.18. The molecular formula is C16H13Cl2FO. The Balaban J connectivity index is 1.98. The van der Waals surface area contributed by atoms with E-state index in [0.717, 1.165) is 16.9 Å². The Morgan fingerprint density at radius 1 is 1.30 bits per heavy atom. The number of ether oxygens (including phenoxy) is 1. The quantitative estimate of drug-likeness (QED) is 0.689. The molecule has 0 saturated heterocycles. The molecule has 0 saturated carbocycles. The van der Waals surface area contributed by atoms with Gasteiger partial charge >= 0.3 is 0 Å². The molecule has 20 heavy (non-hydrogen) atoms. The molecule has 2 unspecified atom stereocenters. The van der Waals surface area contributed by atoms with Crippen molar-refractivity contribution in [1.29, 1.82) is 0 Å². The zero-order valence-corrected chi connectivity index (χ0v) is 12.4. The highest BCUT2D eigenvalue weighted by Gasteiger charge is 2.32. The van der Waals surface area contributed by atoms with Crippen LogP contribution in [-0.4, -0.2) is 6.61 Å². The fraction of sp³-hybridized carbons (Fsp3) is 0.250. The standard InChI is InChI=1S/C16H13Cl2FO/c1-9-6-11(13(17)7-14(9)19)16(18)12-8-20-15-5-3-2-4-10(12)15/h2-7,12,16H,8H2,1H3. The summed E-state index contributed by atoms with van der Waals surface area (Å²) in [5.74, 6) is 0.569. The maximum absolute atomic E-state index is 13.5. The molecule has 1 heterocycles. The summed E-state index contributed by atoms with van der Waals surface area (Å²) in [6.07, 6.45) is 0. The van der Waals surface area contributed by atoms with Crippen LogP contribution in [0.25, 0.3) is 0 Å². The van der Waals surface area contributed by atoms with Gasteiger partial charge in [0.25, 0.3) is 0 Å². The molecule has 0 fully saturated rings. The molecule has 4 heteroatoms. The van der Waals surface area contributed by atoms with E-state index < -0.39 is 0 Å². The fourth-order valence-corrected chi connectivity index (χ4v) is 3.25. The van der Waals surface area contributed by atoms with Gasteiger partial charge in [-0.1, -0.05) is 35.9 Å². The van der Waals surface area contributed by atoms with E-state index in [1.165, 1.54) is 6.07 Å². The fourth-order valence-electron chi connectivity index (χ4n) is 2.54. The number of hydrogen-bond donors (Lipinski definition) is 0. The van der Waals surface area contributed by atoms with Gasteiger partial charge in [-0.15, -0.1) is 11.6 Å². The van der Waals surface area contributed by atoms with Crippen molar-refractivity contribution < 1.29 is 9.13 Å². The summed E-state index contributed by atoms with van der Waals surface area (Å²) in [5, 5.41) is 0.0166. The molecule has 104 valence electrons. The van der Waals surface area contributed by atoms with Crippen molar-refractivity contribution in [1.82, 2.24) is 0 Å². The zero-order valence-electron chi connectivity index (χ0n) is 10.9. The Bertz CT molecular complexity index is 657. The number of halogens is 3. The summed E-state index contributed by atoms with van der Waals surface area (Å²) in [7, 11) is 0. The van der Waals surface area contributed by atoms with Gasteiger partial charge in [0.05, 0.1) is 12.0 Å². The summed E-state index contributed by atoms with van der Waals surface area (Å²) < 4.78 is 19.1. The minimum atomic E-state index is -0.342. The number of alkyl halides is 1. The number of fused-ring (bicyclic) bond motifs is 1. The van der Waals surface area contributed by atoms with Crippen LogP contribution < -0.4 is 4.74 Å². The topological polar surface area (TPSA) is 9.23 Å². The van der Waals surface area contributed by atoms with E-state index >= 15 is 0 Å². The number of aryl methyl sites for hydroxylation is 1. The third-order valence-corrected chi connectivity index (χ3v) is 4.53. The Kier molecular flexibility index (Phi) is 3.61. The van der Waals surface area contributed by atoms with E-state index in [2.05, 4.69) is 0 Å². The molecule has 1 nitrogen and oxygen atoms in total. The van der Waals surface area contributed by atoms with E-state index in [4.69, 9.17) is 27.9 Å². The number of benzene rings is 2. The highest BCUT2D eigenvalue weighted by atomic mass is 35.5. The molecule has 0 amide bonds. The van der Waals surface area contributed by atoms with Crippen molar-refractivity contribution in [3.63, 3.8) is 0 Å². The van der Waals surface area contributed by atoms with Crippen molar-refractivity contribution in [2.45, 2.75) is 18.2 Å². The highest BCUT2D eigenvalue weighted by Crippen LogP contribution is 2.46. The largest absolute Gasteiger partial charge is 0.493 e. The lowest BCUT2D eigenvalue weighted by molar-refractivity contribution is 0.328. The predicted molar refractivity (Wildman–Crippen MR) is 79.4 cm³/mol. The van der Waals surface area contributed by atoms with Crippen LogP contribution in [0.5, 0.6) is 5.75 Å². The maximum atomic E-state index is 13.5. The van der Waals surface area contributed by atoms with Gasteiger partial charge in [-0.25, -0.2) is 4.39 Å². The van der Waals surface area contributed by atoms with Crippen LogP contribution >= 0.6 is 23.2 Å². The zero-order chi connectivity index (χ0) is 14.3. The molecule has 0 radical (unpaired) electrons. The summed E-state index contributed by atoms with van der Waals surface area (Å²) >= 11 is 12.7. The van der Waals surface area contributed by atoms with Crippen LogP contribution in [0.15, 0.2) is 36.4 Å². The Labute approximate surface area is 127 Å². The van der Waals surface area contributed by atoms with Gasteiger partial charge in [0, 0.05) is 16.5 Å². The van der Waals surface area contributed by atoms with Crippen molar-refractivity contribution in [3.8, 4) is 5.75 Å². The SMILES string of the molecule is Cc1cc(C(Cl)C2COc3ccccc32)c(Cl)cc1F. The molecular weight excluding hydrogens is 298 g/mol. The first-order valence-corrected chi connectivity index (χ1v) is 7.20. The summed E-state index contributed by atoms with van der Waals surface area (Å²) in [4.78, 5) is 0. The van der Waals surface area contributed by atoms with E-state index in [-0.39, 0.29) is 17.1 Å². The summed E-state index contributed by atoms with van der Waals surface area (Å²) in [6.45, 7) is 2.22. The lowest BCUT2D eigenvalue weighted by Crippen LogP contribution is -2.09. The third kappa shape index (κ3) is 2.27. The van der Waals surface area contributed by atoms with Gasteiger partial charge in [0.2, 0.25) is 0 Å². The van der Waals surface area contributed by atoms with Crippen molar-refractivity contribution in [2.24, 2.45) is 0 Å². The van der Waals surface area contributed by atoms with Gasteiger partial charge in [-0.05, 0) is 30.2 Å². The molecule has 3 rings (SSSR count). The van der Waals surface area contributed by atoms with E-state index in [1.807, 2.05) is 24.3 Å². The van der Waals surface area contributed by atoms with Crippen molar-refractivity contribution in [2.75, 3.05) is 6.61 Å². The van der Waals surface area contributed by atoms with Gasteiger partial charge in [0.1, 0.15) is 11.6 Å². The maximum Gasteiger partial charge on any atom is 0.127 e. The van der Waals surface area contributed by atoms with Crippen LogP contribution in [-0.2, 0) is 0 Å². The summed E-state index contributed by atoms with van der Waals surface area (Å²) in [5.41, 5.74) is 2.37. The second-order valence-electron chi connectivity index (χ2n) is 4.98. The normalized spacial score (nSPS) is 18.5. The second-order valence-corrected chi connectivity index (χ2v) is 5.86. The number of para-hydroxylation sites is 1.